The molecule has 3 nitrogen and oxygen atoms in total. The van der Waals surface area contributed by atoms with Gasteiger partial charge in [-0.25, -0.2) is 8.42 Å². The van der Waals surface area contributed by atoms with Crippen molar-refractivity contribution in [1.29, 1.82) is 0 Å². The molecular formula is C29H46O3S. The normalized spacial score (nSPS) is 42.9. The summed E-state index contributed by atoms with van der Waals surface area (Å²) >= 11 is 0. The van der Waals surface area contributed by atoms with Crippen molar-refractivity contribution in [3.63, 3.8) is 0 Å². The number of benzene rings is 1. The van der Waals surface area contributed by atoms with E-state index in [1.807, 2.05) is 18.2 Å². The molecule has 8 unspecified atom stereocenters. The maximum absolute atomic E-state index is 13.0. The Morgan fingerprint density at radius 3 is 2.36 bits per heavy atom. The Bertz CT molecular complexity index is 912. The van der Waals surface area contributed by atoms with Gasteiger partial charge in [0, 0.05) is 0 Å². The Morgan fingerprint density at radius 1 is 0.909 bits per heavy atom. The fourth-order valence-corrected chi connectivity index (χ4v) is 10.5. The van der Waals surface area contributed by atoms with Gasteiger partial charge in [0.1, 0.15) is 0 Å². The van der Waals surface area contributed by atoms with E-state index in [1.54, 1.807) is 12.1 Å². The van der Waals surface area contributed by atoms with E-state index in [0.717, 1.165) is 37.0 Å². The van der Waals surface area contributed by atoms with Gasteiger partial charge in [-0.05, 0) is 117 Å². The third kappa shape index (κ3) is 4.33. The summed E-state index contributed by atoms with van der Waals surface area (Å²) < 4.78 is 25.9. The SMILES string of the molecule is C.CC12CCC3C(CCC4CC(O)CCC43C)C1CCCC2CCS(=O)(=O)c1ccccc1. The van der Waals surface area contributed by atoms with Crippen LogP contribution in [-0.4, -0.2) is 25.4 Å². The van der Waals surface area contributed by atoms with Crippen molar-refractivity contribution in [3.05, 3.63) is 30.3 Å². The molecule has 0 saturated heterocycles. The highest BCUT2D eigenvalue weighted by Gasteiger charge is 2.58. The zero-order chi connectivity index (χ0) is 22.6. The highest BCUT2D eigenvalue weighted by Crippen LogP contribution is 2.66. The molecule has 33 heavy (non-hydrogen) atoms. The van der Waals surface area contributed by atoms with Gasteiger partial charge in [0.15, 0.2) is 9.84 Å². The van der Waals surface area contributed by atoms with Gasteiger partial charge >= 0.3 is 0 Å². The van der Waals surface area contributed by atoms with Crippen molar-refractivity contribution >= 4 is 9.84 Å². The maximum atomic E-state index is 13.0. The van der Waals surface area contributed by atoms with Crippen molar-refractivity contribution in [3.8, 4) is 0 Å². The van der Waals surface area contributed by atoms with Gasteiger partial charge in [0.2, 0.25) is 0 Å². The Hall–Kier alpha value is -0.870. The summed E-state index contributed by atoms with van der Waals surface area (Å²) in [5.74, 6) is 3.88. The van der Waals surface area contributed by atoms with Crippen LogP contribution < -0.4 is 0 Å². The van der Waals surface area contributed by atoms with Gasteiger partial charge < -0.3 is 5.11 Å². The molecule has 5 rings (SSSR count). The molecule has 186 valence electrons. The number of rotatable bonds is 4. The van der Waals surface area contributed by atoms with E-state index < -0.39 is 9.84 Å². The first-order chi connectivity index (χ1) is 15.2. The van der Waals surface area contributed by atoms with E-state index in [4.69, 9.17) is 0 Å². The summed E-state index contributed by atoms with van der Waals surface area (Å²) in [7, 11) is -3.20. The molecule has 0 bridgehead atoms. The number of hydrogen-bond donors (Lipinski definition) is 1. The molecule has 1 N–H and O–H groups in total. The fraction of sp³-hybridized carbons (Fsp3) is 0.793. The van der Waals surface area contributed by atoms with Crippen molar-refractivity contribution in [2.45, 2.75) is 103 Å². The van der Waals surface area contributed by atoms with Crippen LogP contribution in [0.5, 0.6) is 0 Å². The summed E-state index contributed by atoms with van der Waals surface area (Å²) in [5.41, 5.74) is 0.704. The van der Waals surface area contributed by atoms with Crippen LogP contribution in [0.2, 0.25) is 0 Å². The highest BCUT2D eigenvalue weighted by molar-refractivity contribution is 7.91. The third-order valence-corrected chi connectivity index (χ3v) is 12.7. The number of aliphatic hydroxyl groups excluding tert-OH is 1. The van der Waals surface area contributed by atoms with Crippen LogP contribution in [0.1, 0.15) is 91.9 Å². The van der Waals surface area contributed by atoms with Gasteiger partial charge in [-0.2, -0.15) is 0 Å². The molecule has 4 fully saturated rings. The lowest BCUT2D eigenvalue weighted by Gasteiger charge is -2.64. The summed E-state index contributed by atoms with van der Waals surface area (Å²) in [6, 6.07) is 9.02. The number of sulfone groups is 1. The molecule has 0 aromatic heterocycles. The van der Waals surface area contributed by atoms with Gasteiger partial charge in [-0.3, -0.25) is 0 Å². The number of hydrogen-bond acceptors (Lipinski definition) is 3. The second-order valence-electron chi connectivity index (χ2n) is 12.2. The summed E-state index contributed by atoms with van der Waals surface area (Å²) in [5, 5.41) is 10.3. The van der Waals surface area contributed by atoms with E-state index in [9.17, 15) is 13.5 Å². The quantitative estimate of drug-likeness (QED) is 0.516. The average molecular weight is 475 g/mol. The lowest BCUT2D eigenvalue weighted by molar-refractivity contribution is -0.151. The second-order valence-corrected chi connectivity index (χ2v) is 14.3. The average Bonchev–Trinajstić information content (AvgIpc) is 2.78. The van der Waals surface area contributed by atoms with Gasteiger partial charge in [0.05, 0.1) is 16.8 Å². The summed E-state index contributed by atoms with van der Waals surface area (Å²) in [6.45, 7) is 5.07. The molecule has 0 aliphatic heterocycles. The van der Waals surface area contributed by atoms with Crippen molar-refractivity contribution in [1.82, 2.24) is 0 Å². The molecule has 0 spiro atoms. The molecule has 4 heteroatoms. The van der Waals surface area contributed by atoms with Crippen LogP contribution in [0.3, 0.4) is 0 Å². The molecule has 0 heterocycles. The maximum Gasteiger partial charge on any atom is 0.178 e. The lowest BCUT2D eigenvalue weighted by atomic mass is 9.41. The second kappa shape index (κ2) is 9.30. The van der Waals surface area contributed by atoms with Crippen LogP contribution in [0, 0.1) is 40.4 Å². The zero-order valence-corrected chi connectivity index (χ0v) is 20.8. The van der Waals surface area contributed by atoms with Crippen molar-refractivity contribution < 1.29 is 13.5 Å². The van der Waals surface area contributed by atoms with Crippen LogP contribution in [-0.2, 0) is 9.84 Å². The highest BCUT2D eigenvalue weighted by atomic mass is 32.2. The molecule has 0 radical (unpaired) electrons. The number of fused-ring (bicyclic) bond motifs is 5. The monoisotopic (exact) mass is 474 g/mol. The Kier molecular flexibility index (Phi) is 7.11. The number of aliphatic hydroxyl groups is 1. The zero-order valence-electron chi connectivity index (χ0n) is 20.0. The molecule has 4 aliphatic rings. The van der Waals surface area contributed by atoms with Crippen LogP contribution in [0.4, 0.5) is 0 Å². The minimum Gasteiger partial charge on any atom is -0.393 e. The topological polar surface area (TPSA) is 54.4 Å². The molecular weight excluding hydrogens is 428 g/mol. The first kappa shape index (κ1) is 25.2. The molecule has 4 saturated carbocycles. The predicted octanol–water partition coefficient (Wildman–Crippen LogP) is 6.90. The Morgan fingerprint density at radius 2 is 1.61 bits per heavy atom. The van der Waals surface area contributed by atoms with E-state index >= 15 is 0 Å². The smallest absolute Gasteiger partial charge is 0.178 e. The van der Waals surface area contributed by atoms with Crippen LogP contribution in [0.15, 0.2) is 35.2 Å². The van der Waals surface area contributed by atoms with Gasteiger partial charge in [-0.1, -0.05) is 45.9 Å². The first-order valence-electron chi connectivity index (χ1n) is 13.2. The van der Waals surface area contributed by atoms with E-state index in [0.29, 0.717) is 27.6 Å². The first-order valence-corrected chi connectivity index (χ1v) is 14.8. The minimum atomic E-state index is -3.20. The fourth-order valence-electron chi connectivity index (χ4n) is 9.06. The lowest BCUT2D eigenvalue weighted by Crippen LogP contribution is -2.56. The summed E-state index contributed by atoms with van der Waals surface area (Å²) in [6.07, 6.45) is 12.9. The predicted molar refractivity (Wildman–Crippen MR) is 136 cm³/mol. The standard InChI is InChI=1S/C28H42O3S.CH4/c1-27-17-14-26-24(12-11-21-19-22(29)13-16-28(21,26)2)25(27)10-6-7-20(27)15-18-32(30,31)23-8-4-3-5-9-23;/h3-5,8-9,20-22,24-26,29H,6-7,10-19H2,1-2H3;1H4. The molecule has 1 aromatic carbocycles. The Labute approximate surface area is 202 Å². The molecule has 8 atom stereocenters. The van der Waals surface area contributed by atoms with Crippen LogP contribution in [0.25, 0.3) is 0 Å². The van der Waals surface area contributed by atoms with E-state index in [2.05, 4.69) is 13.8 Å². The van der Waals surface area contributed by atoms with Gasteiger partial charge in [0.25, 0.3) is 0 Å². The molecule has 4 aliphatic carbocycles. The van der Waals surface area contributed by atoms with Crippen molar-refractivity contribution in [2.24, 2.45) is 40.4 Å². The molecule has 0 amide bonds. The van der Waals surface area contributed by atoms with E-state index in [-0.39, 0.29) is 19.3 Å². The molecule has 1 aromatic rings. The van der Waals surface area contributed by atoms with E-state index in [1.165, 1.54) is 51.4 Å². The Balaban J connectivity index is 0.00000259. The van der Waals surface area contributed by atoms with Crippen molar-refractivity contribution in [2.75, 3.05) is 5.75 Å². The van der Waals surface area contributed by atoms with Gasteiger partial charge in [-0.15, -0.1) is 0 Å². The largest absolute Gasteiger partial charge is 0.393 e. The minimum absolute atomic E-state index is 0. The van der Waals surface area contributed by atoms with Crippen LogP contribution >= 0.6 is 0 Å². The summed E-state index contributed by atoms with van der Waals surface area (Å²) in [4.78, 5) is 0.479. The third-order valence-electron chi connectivity index (χ3n) is 10.9.